The summed E-state index contributed by atoms with van der Waals surface area (Å²) in [7, 11) is 1.76. The largest absolute Gasteiger partial charge is 0.487 e. The SMILES string of the molecule is CCOC(=O)C[C@@H](c1ccc(C)c(CN2Cc3ncccc3O[C@H](CC)C2)c1)c1ccc(N(C)N)c(N)c1C. The lowest BCUT2D eigenvalue weighted by molar-refractivity contribution is -0.143. The fraction of sp³-hybridized carbons (Fsp3) is 0.419. The van der Waals surface area contributed by atoms with Crippen molar-refractivity contribution in [1.29, 1.82) is 0 Å². The highest BCUT2D eigenvalue weighted by molar-refractivity contribution is 5.75. The van der Waals surface area contributed by atoms with Gasteiger partial charge < -0.3 is 20.2 Å². The lowest BCUT2D eigenvalue weighted by Gasteiger charge is -2.26. The van der Waals surface area contributed by atoms with Crippen molar-refractivity contribution < 1.29 is 14.3 Å². The highest BCUT2D eigenvalue weighted by Crippen LogP contribution is 2.37. The first-order valence-corrected chi connectivity index (χ1v) is 13.7. The maximum absolute atomic E-state index is 12.8. The molecule has 2 aromatic carbocycles. The van der Waals surface area contributed by atoms with Crippen LogP contribution in [0, 0.1) is 13.8 Å². The Morgan fingerprint density at radius 3 is 2.74 bits per heavy atom. The first-order chi connectivity index (χ1) is 18.7. The number of hydrogen-bond donors (Lipinski definition) is 2. The second-order valence-corrected chi connectivity index (χ2v) is 10.3. The maximum atomic E-state index is 12.8. The normalized spacial score (nSPS) is 16.1. The Kier molecular flexibility index (Phi) is 9.09. The number of fused-ring (bicyclic) bond motifs is 1. The molecule has 0 spiro atoms. The molecule has 2 heterocycles. The lowest BCUT2D eigenvalue weighted by Crippen LogP contribution is -2.32. The number of hydrogen-bond acceptors (Lipinski definition) is 8. The van der Waals surface area contributed by atoms with Gasteiger partial charge in [-0.1, -0.05) is 31.2 Å². The minimum Gasteiger partial charge on any atom is -0.487 e. The van der Waals surface area contributed by atoms with Gasteiger partial charge in [0.25, 0.3) is 0 Å². The summed E-state index contributed by atoms with van der Waals surface area (Å²) in [4.78, 5) is 19.7. The number of nitrogens with two attached hydrogens (primary N) is 2. The van der Waals surface area contributed by atoms with Crippen LogP contribution in [0.1, 0.15) is 66.1 Å². The number of benzene rings is 2. The van der Waals surface area contributed by atoms with Crippen LogP contribution in [0.2, 0.25) is 0 Å². The summed E-state index contributed by atoms with van der Waals surface area (Å²) in [6.45, 7) is 10.7. The van der Waals surface area contributed by atoms with Crippen molar-refractivity contribution in [2.24, 2.45) is 5.84 Å². The van der Waals surface area contributed by atoms with Crippen LogP contribution in [0.25, 0.3) is 0 Å². The van der Waals surface area contributed by atoms with Gasteiger partial charge in [-0.25, -0.2) is 5.84 Å². The van der Waals surface area contributed by atoms with Gasteiger partial charge in [0.15, 0.2) is 0 Å². The van der Waals surface area contributed by atoms with E-state index in [1.54, 1.807) is 7.05 Å². The molecule has 3 aromatic rings. The summed E-state index contributed by atoms with van der Waals surface area (Å²) in [5.74, 6) is 6.41. The molecular formula is C31H41N5O3. The summed E-state index contributed by atoms with van der Waals surface area (Å²) in [6, 6.07) is 14.3. The second kappa shape index (κ2) is 12.5. The molecule has 1 aromatic heterocycles. The first-order valence-electron chi connectivity index (χ1n) is 13.7. The zero-order valence-electron chi connectivity index (χ0n) is 23.7. The van der Waals surface area contributed by atoms with Gasteiger partial charge >= 0.3 is 5.97 Å². The van der Waals surface area contributed by atoms with Crippen molar-refractivity contribution in [3.8, 4) is 5.75 Å². The smallest absolute Gasteiger partial charge is 0.306 e. The summed E-state index contributed by atoms with van der Waals surface area (Å²) >= 11 is 0. The first kappa shape index (κ1) is 28.4. The molecule has 0 saturated heterocycles. The fourth-order valence-electron chi connectivity index (χ4n) is 5.29. The number of nitrogens with zero attached hydrogens (tertiary/aromatic N) is 3. The Hall–Kier alpha value is -3.62. The van der Waals surface area contributed by atoms with E-state index in [2.05, 4.69) is 41.9 Å². The fourth-order valence-corrected chi connectivity index (χ4v) is 5.29. The second-order valence-electron chi connectivity index (χ2n) is 10.3. The van der Waals surface area contributed by atoms with Gasteiger partial charge in [0.1, 0.15) is 11.9 Å². The average molecular weight is 532 g/mol. The summed E-state index contributed by atoms with van der Waals surface area (Å²) in [6.07, 6.45) is 3.06. The molecule has 1 aliphatic rings. The van der Waals surface area contributed by atoms with Crippen molar-refractivity contribution >= 4 is 17.3 Å². The van der Waals surface area contributed by atoms with Gasteiger partial charge in [0, 0.05) is 38.8 Å². The predicted molar refractivity (Wildman–Crippen MR) is 156 cm³/mol. The molecule has 39 heavy (non-hydrogen) atoms. The monoisotopic (exact) mass is 531 g/mol. The number of aryl methyl sites for hydroxylation is 1. The molecule has 8 nitrogen and oxygen atoms in total. The molecule has 2 atom stereocenters. The highest BCUT2D eigenvalue weighted by atomic mass is 16.5. The van der Waals surface area contributed by atoms with Gasteiger partial charge in [0.05, 0.1) is 30.1 Å². The van der Waals surface area contributed by atoms with Crippen molar-refractivity contribution in [1.82, 2.24) is 9.88 Å². The third kappa shape index (κ3) is 6.52. The van der Waals surface area contributed by atoms with E-state index in [4.69, 9.17) is 21.1 Å². The summed E-state index contributed by atoms with van der Waals surface area (Å²) in [5.41, 5.74) is 14.2. The van der Waals surface area contributed by atoms with Gasteiger partial charge in [0.2, 0.25) is 0 Å². The lowest BCUT2D eigenvalue weighted by atomic mass is 9.84. The third-order valence-electron chi connectivity index (χ3n) is 7.57. The van der Waals surface area contributed by atoms with Crippen LogP contribution in [-0.2, 0) is 22.6 Å². The van der Waals surface area contributed by atoms with Crippen molar-refractivity contribution in [3.05, 3.63) is 82.2 Å². The standard InChI is InChI=1S/C31H41N5O3/c1-6-24-18-36(19-27-29(39-24)9-8-14-34-27)17-23-15-22(11-10-20(23)3)26(16-30(37)38-7-2)25-12-13-28(35(5)33)31(32)21(25)4/h8-15,24,26H,6-7,16-19,32-33H2,1-5H3/t24-,26+/m1/s1. The van der Waals surface area contributed by atoms with E-state index in [1.165, 1.54) is 16.1 Å². The number of rotatable bonds is 9. The van der Waals surface area contributed by atoms with Crippen LogP contribution in [0.15, 0.2) is 48.7 Å². The number of esters is 1. The van der Waals surface area contributed by atoms with E-state index in [-0.39, 0.29) is 24.4 Å². The Morgan fingerprint density at radius 2 is 2.03 bits per heavy atom. The molecule has 0 radical (unpaired) electrons. The van der Waals surface area contributed by atoms with E-state index < -0.39 is 0 Å². The molecule has 0 amide bonds. The van der Waals surface area contributed by atoms with Crippen LogP contribution in [-0.4, -0.2) is 42.2 Å². The van der Waals surface area contributed by atoms with Crippen molar-refractivity contribution in [3.63, 3.8) is 0 Å². The molecular weight excluding hydrogens is 490 g/mol. The zero-order chi connectivity index (χ0) is 28.1. The van der Waals surface area contributed by atoms with Crippen LogP contribution < -0.4 is 21.3 Å². The zero-order valence-corrected chi connectivity index (χ0v) is 23.7. The van der Waals surface area contributed by atoms with Crippen LogP contribution in [0.3, 0.4) is 0 Å². The minimum atomic E-state index is -0.235. The van der Waals surface area contributed by atoms with Crippen molar-refractivity contribution in [2.75, 3.05) is 30.9 Å². The van der Waals surface area contributed by atoms with Gasteiger partial charge in [-0.15, -0.1) is 0 Å². The molecule has 0 fully saturated rings. The van der Waals surface area contributed by atoms with Crippen molar-refractivity contribution in [2.45, 2.75) is 65.6 Å². The predicted octanol–water partition coefficient (Wildman–Crippen LogP) is 4.85. The summed E-state index contributed by atoms with van der Waals surface area (Å²) in [5, 5.41) is 1.51. The van der Waals surface area contributed by atoms with E-state index >= 15 is 0 Å². The molecule has 8 heteroatoms. The van der Waals surface area contributed by atoms with E-state index in [0.717, 1.165) is 53.3 Å². The van der Waals surface area contributed by atoms with Crippen LogP contribution in [0.5, 0.6) is 5.75 Å². The quantitative estimate of drug-likeness (QED) is 0.175. The van der Waals surface area contributed by atoms with Gasteiger partial charge in [-0.05, 0) is 73.2 Å². The Labute approximate surface area is 231 Å². The third-order valence-corrected chi connectivity index (χ3v) is 7.57. The van der Waals surface area contributed by atoms with E-state index in [0.29, 0.717) is 18.8 Å². The molecule has 0 unspecified atom stereocenters. The number of hydrazine groups is 1. The number of nitrogen functional groups attached to an aromatic ring is 1. The minimum absolute atomic E-state index is 0.0975. The molecule has 208 valence electrons. The summed E-state index contributed by atoms with van der Waals surface area (Å²) < 4.78 is 11.6. The van der Waals surface area contributed by atoms with Crippen LogP contribution >= 0.6 is 0 Å². The molecule has 0 aliphatic carbocycles. The number of aromatic nitrogens is 1. The van der Waals surface area contributed by atoms with Crippen LogP contribution in [0.4, 0.5) is 11.4 Å². The molecule has 1 aliphatic heterocycles. The van der Waals surface area contributed by atoms with Gasteiger partial charge in [-0.2, -0.15) is 0 Å². The molecule has 4 rings (SSSR count). The number of carbonyl (C=O) groups excluding carboxylic acids is 1. The Morgan fingerprint density at radius 1 is 1.23 bits per heavy atom. The maximum Gasteiger partial charge on any atom is 0.306 e. The van der Waals surface area contributed by atoms with Gasteiger partial charge in [-0.3, -0.25) is 14.7 Å². The van der Waals surface area contributed by atoms with E-state index in [9.17, 15) is 4.79 Å². The number of pyridine rings is 1. The average Bonchev–Trinajstić information content (AvgIpc) is 3.09. The Balaban J connectivity index is 1.70. The molecule has 4 N–H and O–H groups in total. The molecule has 0 bridgehead atoms. The number of anilines is 2. The Bertz CT molecular complexity index is 1310. The highest BCUT2D eigenvalue weighted by Gasteiger charge is 2.26. The number of carbonyl (C=O) groups is 1. The van der Waals surface area contributed by atoms with E-state index in [1.807, 2.05) is 44.3 Å². The number of ether oxygens (including phenoxy) is 2. The topological polar surface area (TPSA) is 107 Å². The molecule has 0 saturated carbocycles.